The van der Waals surface area contributed by atoms with Crippen molar-refractivity contribution >= 4 is 34.7 Å². The Morgan fingerprint density at radius 1 is 1.04 bits per heavy atom. The number of nitrogens with zero attached hydrogens (tertiary/aromatic N) is 1. The molecule has 27 heavy (non-hydrogen) atoms. The molecule has 2 aliphatic carbocycles. The number of amides is 1. The van der Waals surface area contributed by atoms with Crippen LogP contribution < -0.4 is 11.2 Å². The third kappa shape index (κ3) is 3.17. The number of nitrogen functional groups attached to an aromatic ring is 1. The quantitative estimate of drug-likeness (QED) is 0.619. The summed E-state index contributed by atoms with van der Waals surface area (Å²) in [6, 6.07) is 11.8. The lowest BCUT2D eigenvalue weighted by atomic mass is 9.72. The van der Waals surface area contributed by atoms with Crippen molar-refractivity contribution in [2.24, 2.45) is 16.9 Å². The second-order valence-electron chi connectivity index (χ2n) is 6.44. The summed E-state index contributed by atoms with van der Waals surface area (Å²) in [7, 11) is 0. The first-order chi connectivity index (χ1) is 13.0. The maximum atomic E-state index is 12.8. The van der Waals surface area contributed by atoms with Crippen molar-refractivity contribution in [1.82, 2.24) is 5.43 Å². The number of rotatable bonds is 2. The van der Waals surface area contributed by atoms with Gasteiger partial charge in [-0.2, -0.15) is 5.10 Å². The van der Waals surface area contributed by atoms with Crippen LogP contribution in [0.25, 0.3) is 0 Å². The number of anilines is 1. The summed E-state index contributed by atoms with van der Waals surface area (Å²) in [4.78, 5) is 25.3. The molecule has 2 aromatic carbocycles. The first-order valence-corrected chi connectivity index (χ1v) is 8.85. The minimum absolute atomic E-state index is 0.0216. The van der Waals surface area contributed by atoms with Crippen LogP contribution in [0.15, 0.2) is 71.9 Å². The number of hydrogen-bond acceptors (Lipinski definition) is 4. The van der Waals surface area contributed by atoms with Crippen LogP contribution in [0.2, 0.25) is 5.02 Å². The van der Waals surface area contributed by atoms with Crippen LogP contribution in [0.1, 0.15) is 26.3 Å². The molecule has 4 rings (SSSR count). The molecule has 134 valence electrons. The van der Waals surface area contributed by atoms with Gasteiger partial charge in [0.05, 0.1) is 11.6 Å². The highest BCUT2D eigenvalue weighted by molar-refractivity contribution is 6.32. The number of benzene rings is 2. The minimum Gasteiger partial charge on any atom is -0.399 e. The van der Waals surface area contributed by atoms with E-state index in [4.69, 9.17) is 17.3 Å². The molecule has 0 aromatic heterocycles. The van der Waals surface area contributed by atoms with Gasteiger partial charge in [-0.05, 0) is 36.4 Å². The Labute approximate surface area is 161 Å². The van der Waals surface area contributed by atoms with Crippen LogP contribution in [0, 0.1) is 11.8 Å². The molecule has 2 unspecified atom stereocenters. The number of halogens is 1. The fourth-order valence-corrected chi connectivity index (χ4v) is 3.58. The highest BCUT2D eigenvalue weighted by Gasteiger charge is 2.38. The molecule has 0 heterocycles. The van der Waals surface area contributed by atoms with E-state index in [0.717, 1.165) is 0 Å². The van der Waals surface area contributed by atoms with E-state index in [1.54, 1.807) is 42.5 Å². The molecule has 5 nitrogen and oxygen atoms in total. The van der Waals surface area contributed by atoms with Gasteiger partial charge in [-0.1, -0.05) is 42.0 Å². The average molecular weight is 378 g/mol. The largest absolute Gasteiger partial charge is 0.399 e. The summed E-state index contributed by atoms with van der Waals surface area (Å²) < 4.78 is 0. The molecular weight excluding hydrogens is 362 g/mol. The second kappa shape index (κ2) is 6.85. The number of allylic oxidation sites excluding steroid dienone is 4. The first kappa shape index (κ1) is 17.2. The zero-order chi connectivity index (χ0) is 19.0. The fourth-order valence-electron chi connectivity index (χ4n) is 3.41. The molecule has 0 radical (unpaired) electrons. The molecule has 0 spiro atoms. The molecule has 0 saturated carbocycles. The summed E-state index contributed by atoms with van der Waals surface area (Å²) in [5.41, 5.74) is 11.0. The molecule has 0 bridgehead atoms. The van der Waals surface area contributed by atoms with Crippen LogP contribution in [-0.2, 0) is 0 Å². The van der Waals surface area contributed by atoms with Gasteiger partial charge in [-0.15, -0.1) is 0 Å². The van der Waals surface area contributed by atoms with E-state index in [9.17, 15) is 9.59 Å². The zero-order valence-corrected chi connectivity index (χ0v) is 15.0. The van der Waals surface area contributed by atoms with Crippen LogP contribution in [0.4, 0.5) is 5.69 Å². The number of hydrogen-bond donors (Lipinski definition) is 2. The van der Waals surface area contributed by atoms with Gasteiger partial charge < -0.3 is 5.73 Å². The predicted octanol–water partition coefficient (Wildman–Crippen LogP) is 3.61. The summed E-state index contributed by atoms with van der Waals surface area (Å²) in [6.45, 7) is 0. The molecule has 2 aromatic rings. The predicted molar refractivity (Wildman–Crippen MR) is 106 cm³/mol. The lowest BCUT2D eigenvalue weighted by Crippen LogP contribution is -2.37. The number of carbonyl (C=O) groups excluding carboxylic acids is 2. The second-order valence-corrected chi connectivity index (χ2v) is 6.88. The van der Waals surface area contributed by atoms with Crippen LogP contribution >= 0.6 is 11.6 Å². The molecule has 6 heteroatoms. The topological polar surface area (TPSA) is 84.6 Å². The summed E-state index contributed by atoms with van der Waals surface area (Å²) >= 11 is 6.14. The van der Waals surface area contributed by atoms with Crippen LogP contribution in [-0.4, -0.2) is 17.4 Å². The Bertz CT molecular complexity index is 1040. The summed E-state index contributed by atoms with van der Waals surface area (Å²) in [5, 5.41) is 4.88. The Hall–Kier alpha value is -3.18. The number of carbonyl (C=O) groups is 2. The van der Waals surface area contributed by atoms with Crippen molar-refractivity contribution in [3.63, 3.8) is 0 Å². The van der Waals surface area contributed by atoms with E-state index >= 15 is 0 Å². The lowest BCUT2D eigenvalue weighted by Gasteiger charge is -2.31. The van der Waals surface area contributed by atoms with Gasteiger partial charge in [0.15, 0.2) is 5.78 Å². The van der Waals surface area contributed by atoms with E-state index in [2.05, 4.69) is 10.5 Å². The van der Waals surface area contributed by atoms with Gasteiger partial charge in [-0.3, -0.25) is 9.59 Å². The van der Waals surface area contributed by atoms with E-state index in [0.29, 0.717) is 33.1 Å². The van der Waals surface area contributed by atoms with Gasteiger partial charge in [0.1, 0.15) is 0 Å². The number of ketones is 1. The molecule has 0 aliphatic heterocycles. The normalized spacial score (nSPS) is 21.7. The van der Waals surface area contributed by atoms with Crippen LogP contribution in [0.5, 0.6) is 0 Å². The smallest absolute Gasteiger partial charge is 0.271 e. The van der Waals surface area contributed by atoms with E-state index in [1.165, 1.54) is 0 Å². The van der Waals surface area contributed by atoms with Gasteiger partial charge in [-0.25, -0.2) is 5.43 Å². The Kier molecular flexibility index (Phi) is 4.38. The SMILES string of the molecule is Nc1cccc(C(=O)N/N=C2\c3cc(Cl)ccc3C(=O)C3C=CC=CC23)c1. The Balaban J connectivity index is 1.74. The van der Waals surface area contributed by atoms with Gasteiger partial charge >= 0.3 is 0 Å². The summed E-state index contributed by atoms with van der Waals surface area (Å²) in [6.07, 6.45) is 7.50. The third-order valence-corrected chi connectivity index (χ3v) is 4.94. The molecule has 1 amide bonds. The highest BCUT2D eigenvalue weighted by Crippen LogP contribution is 2.35. The van der Waals surface area contributed by atoms with E-state index in [-0.39, 0.29) is 23.5 Å². The standard InChI is InChI=1S/C21H16ClN3O2/c22-13-8-9-17-18(11-13)19(15-6-1-2-7-16(15)20(17)26)24-25-21(27)12-4-3-5-14(23)10-12/h1-11,15-16H,23H2,(H,25,27)/b24-19-. The number of nitrogens with one attached hydrogen (secondary N) is 1. The fraction of sp³-hybridized carbons (Fsp3) is 0.0952. The zero-order valence-electron chi connectivity index (χ0n) is 14.2. The maximum Gasteiger partial charge on any atom is 0.271 e. The van der Waals surface area contributed by atoms with Gasteiger partial charge in [0.2, 0.25) is 0 Å². The lowest BCUT2D eigenvalue weighted by molar-refractivity contribution is 0.0930. The number of nitrogens with two attached hydrogens (primary N) is 1. The summed E-state index contributed by atoms with van der Waals surface area (Å²) in [5.74, 6) is -0.947. The molecule has 0 saturated heterocycles. The monoisotopic (exact) mass is 377 g/mol. The van der Waals surface area contributed by atoms with Crippen molar-refractivity contribution in [2.75, 3.05) is 5.73 Å². The van der Waals surface area contributed by atoms with Crippen molar-refractivity contribution in [2.45, 2.75) is 0 Å². The van der Waals surface area contributed by atoms with Gasteiger partial charge in [0.25, 0.3) is 5.91 Å². The maximum absolute atomic E-state index is 12.8. The number of hydrazone groups is 1. The van der Waals surface area contributed by atoms with Crippen molar-refractivity contribution in [1.29, 1.82) is 0 Å². The Morgan fingerprint density at radius 2 is 1.81 bits per heavy atom. The molecular formula is C21H16ClN3O2. The third-order valence-electron chi connectivity index (χ3n) is 4.70. The molecule has 3 N–H and O–H groups in total. The minimum atomic E-state index is -0.373. The van der Waals surface area contributed by atoms with E-state index in [1.807, 2.05) is 24.3 Å². The number of Topliss-reactive ketones (excluding diaryl/α,β-unsaturated/α-hetero) is 1. The van der Waals surface area contributed by atoms with Crippen molar-refractivity contribution < 1.29 is 9.59 Å². The molecule has 0 fully saturated rings. The van der Waals surface area contributed by atoms with Crippen LogP contribution in [0.3, 0.4) is 0 Å². The highest BCUT2D eigenvalue weighted by atomic mass is 35.5. The number of fused-ring (bicyclic) bond motifs is 2. The molecule has 2 aliphatic rings. The van der Waals surface area contributed by atoms with Crippen molar-refractivity contribution in [3.05, 3.63) is 88.5 Å². The van der Waals surface area contributed by atoms with E-state index < -0.39 is 0 Å². The van der Waals surface area contributed by atoms with Crippen molar-refractivity contribution in [3.8, 4) is 0 Å². The Morgan fingerprint density at radius 3 is 2.59 bits per heavy atom. The average Bonchev–Trinajstić information content (AvgIpc) is 2.67. The van der Waals surface area contributed by atoms with Gasteiger partial charge in [0, 0.05) is 33.3 Å². The molecule has 2 atom stereocenters. The first-order valence-electron chi connectivity index (χ1n) is 8.47.